The first-order valence-electron chi connectivity index (χ1n) is 7.23. The third-order valence-corrected chi connectivity index (χ3v) is 4.34. The molecule has 0 heterocycles. The quantitative estimate of drug-likeness (QED) is 0.742. The van der Waals surface area contributed by atoms with E-state index in [0.29, 0.717) is 12.1 Å². The Labute approximate surface area is 105 Å². The Bertz CT molecular complexity index is 216. The summed E-state index contributed by atoms with van der Waals surface area (Å²) >= 11 is 0. The van der Waals surface area contributed by atoms with Crippen molar-refractivity contribution in [2.24, 2.45) is 5.92 Å². The molecule has 0 radical (unpaired) electrons. The first-order valence-corrected chi connectivity index (χ1v) is 7.23. The molecule has 0 aromatic heterocycles. The monoisotopic (exact) mass is 241 g/mol. The number of rotatable bonds is 7. The lowest BCUT2D eigenvalue weighted by atomic mass is 9.85. The van der Waals surface area contributed by atoms with Crippen LogP contribution in [0.25, 0.3) is 0 Å². The van der Waals surface area contributed by atoms with Crippen LogP contribution in [-0.4, -0.2) is 38.5 Å². The molecule has 3 atom stereocenters. The maximum absolute atomic E-state index is 5.63. The zero-order valence-electron chi connectivity index (χ0n) is 11.3. The van der Waals surface area contributed by atoms with Gasteiger partial charge >= 0.3 is 0 Å². The van der Waals surface area contributed by atoms with Crippen molar-refractivity contribution in [2.75, 3.05) is 20.3 Å². The molecule has 2 rings (SSSR count). The molecule has 0 amide bonds. The fourth-order valence-corrected chi connectivity index (χ4v) is 3.25. The molecular formula is C14H27NO2. The van der Waals surface area contributed by atoms with Crippen molar-refractivity contribution >= 4 is 0 Å². The van der Waals surface area contributed by atoms with Gasteiger partial charge in [0.2, 0.25) is 0 Å². The number of methoxy groups -OCH3 is 1. The fraction of sp³-hybridized carbons (Fsp3) is 1.00. The van der Waals surface area contributed by atoms with Crippen LogP contribution in [0.2, 0.25) is 0 Å². The van der Waals surface area contributed by atoms with E-state index in [0.717, 1.165) is 25.5 Å². The Kier molecular flexibility index (Phi) is 5.26. The van der Waals surface area contributed by atoms with Crippen LogP contribution in [0.5, 0.6) is 0 Å². The molecule has 17 heavy (non-hydrogen) atoms. The zero-order valence-corrected chi connectivity index (χ0v) is 11.3. The van der Waals surface area contributed by atoms with Gasteiger partial charge in [0.05, 0.1) is 12.2 Å². The van der Waals surface area contributed by atoms with Crippen LogP contribution in [0.3, 0.4) is 0 Å². The number of hydrogen-bond acceptors (Lipinski definition) is 3. The summed E-state index contributed by atoms with van der Waals surface area (Å²) in [6, 6.07) is 0.512. The van der Waals surface area contributed by atoms with Gasteiger partial charge < -0.3 is 14.8 Å². The highest BCUT2D eigenvalue weighted by molar-refractivity contribution is 4.97. The predicted octanol–water partition coefficient (Wildman–Crippen LogP) is 2.35. The van der Waals surface area contributed by atoms with Crippen molar-refractivity contribution < 1.29 is 9.47 Å². The van der Waals surface area contributed by atoms with Gasteiger partial charge in [-0.1, -0.05) is 25.7 Å². The third-order valence-electron chi connectivity index (χ3n) is 4.34. The minimum atomic E-state index is 0.263. The van der Waals surface area contributed by atoms with Gasteiger partial charge in [-0.2, -0.15) is 0 Å². The van der Waals surface area contributed by atoms with Crippen molar-refractivity contribution in [2.45, 2.75) is 63.7 Å². The van der Waals surface area contributed by atoms with Gasteiger partial charge in [-0.05, 0) is 32.2 Å². The summed E-state index contributed by atoms with van der Waals surface area (Å²) in [7, 11) is 1.79. The summed E-state index contributed by atoms with van der Waals surface area (Å²) in [5.74, 6) is 0.978. The summed E-state index contributed by atoms with van der Waals surface area (Å²) in [6.07, 6.45) is 8.81. The van der Waals surface area contributed by atoms with Crippen LogP contribution in [0.15, 0.2) is 0 Å². The van der Waals surface area contributed by atoms with Gasteiger partial charge in [0.25, 0.3) is 0 Å². The molecular weight excluding hydrogens is 214 g/mol. The lowest BCUT2D eigenvalue weighted by Gasteiger charge is -2.43. The van der Waals surface area contributed by atoms with Crippen LogP contribution >= 0.6 is 0 Å². The van der Waals surface area contributed by atoms with Crippen molar-refractivity contribution in [3.8, 4) is 0 Å². The normalized spacial score (nSPS) is 33.9. The molecule has 2 saturated carbocycles. The van der Waals surface area contributed by atoms with E-state index in [1.807, 2.05) is 6.92 Å². The molecule has 3 heteroatoms. The fourth-order valence-electron chi connectivity index (χ4n) is 3.25. The van der Waals surface area contributed by atoms with Crippen LogP contribution in [-0.2, 0) is 9.47 Å². The van der Waals surface area contributed by atoms with Crippen LogP contribution in [0.1, 0.15) is 45.4 Å². The SMILES string of the molecule is CCOC1CC(NCCC2CCCC2)C1OC. The van der Waals surface area contributed by atoms with Crippen molar-refractivity contribution in [3.63, 3.8) is 0 Å². The largest absolute Gasteiger partial charge is 0.377 e. The maximum atomic E-state index is 5.63. The average molecular weight is 241 g/mol. The highest BCUT2D eigenvalue weighted by Gasteiger charge is 2.41. The summed E-state index contributed by atoms with van der Waals surface area (Å²) in [4.78, 5) is 0. The third kappa shape index (κ3) is 3.43. The molecule has 2 aliphatic carbocycles. The van der Waals surface area contributed by atoms with Crippen LogP contribution in [0.4, 0.5) is 0 Å². The number of nitrogens with one attached hydrogen (secondary N) is 1. The Balaban J connectivity index is 1.59. The summed E-state index contributed by atoms with van der Waals surface area (Å²) in [5.41, 5.74) is 0. The second-order valence-electron chi connectivity index (χ2n) is 5.43. The molecule has 0 saturated heterocycles. The van der Waals surface area contributed by atoms with Crippen LogP contribution in [0, 0.1) is 5.92 Å². The number of ether oxygens (including phenoxy) is 2. The molecule has 0 aliphatic heterocycles. The van der Waals surface area contributed by atoms with Crippen molar-refractivity contribution in [1.82, 2.24) is 5.32 Å². The average Bonchev–Trinajstić information content (AvgIpc) is 2.80. The van der Waals surface area contributed by atoms with Gasteiger partial charge in [0.15, 0.2) is 0 Å². The molecule has 0 spiro atoms. The summed E-state index contributed by atoms with van der Waals surface area (Å²) in [6.45, 7) is 3.99. The van der Waals surface area contributed by atoms with E-state index in [9.17, 15) is 0 Å². The van der Waals surface area contributed by atoms with Gasteiger partial charge in [-0.25, -0.2) is 0 Å². The standard InChI is InChI=1S/C14H27NO2/c1-3-17-13-10-12(14(13)16-2)15-9-8-11-6-4-5-7-11/h11-15H,3-10H2,1-2H3. The smallest absolute Gasteiger partial charge is 0.0986 e. The molecule has 1 N–H and O–H groups in total. The van der Waals surface area contributed by atoms with E-state index in [1.165, 1.54) is 32.1 Å². The van der Waals surface area contributed by atoms with E-state index in [1.54, 1.807) is 7.11 Å². The van der Waals surface area contributed by atoms with Crippen molar-refractivity contribution in [3.05, 3.63) is 0 Å². The van der Waals surface area contributed by atoms with Crippen LogP contribution < -0.4 is 5.32 Å². The van der Waals surface area contributed by atoms with E-state index in [-0.39, 0.29) is 6.10 Å². The van der Waals surface area contributed by atoms with E-state index >= 15 is 0 Å². The predicted molar refractivity (Wildman–Crippen MR) is 69.2 cm³/mol. The molecule has 2 fully saturated rings. The Morgan fingerprint density at radius 1 is 1.24 bits per heavy atom. The lowest BCUT2D eigenvalue weighted by molar-refractivity contribution is -0.131. The van der Waals surface area contributed by atoms with E-state index in [4.69, 9.17) is 9.47 Å². The van der Waals surface area contributed by atoms with Gasteiger partial charge in [0, 0.05) is 19.8 Å². The Morgan fingerprint density at radius 3 is 2.65 bits per heavy atom. The molecule has 2 aliphatic rings. The Morgan fingerprint density at radius 2 is 2.00 bits per heavy atom. The number of hydrogen-bond donors (Lipinski definition) is 1. The molecule has 3 unspecified atom stereocenters. The maximum Gasteiger partial charge on any atom is 0.0986 e. The Hall–Kier alpha value is -0.120. The molecule has 3 nitrogen and oxygen atoms in total. The lowest BCUT2D eigenvalue weighted by Crippen LogP contribution is -2.60. The first kappa shape index (κ1) is 13.3. The van der Waals surface area contributed by atoms with Gasteiger partial charge in [-0.15, -0.1) is 0 Å². The van der Waals surface area contributed by atoms with E-state index < -0.39 is 0 Å². The van der Waals surface area contributed by atoms with Gasteiger partial charge in [-0.3, -0.25) is 0 Å². The first-order chi connectivity index (χ1) is 8.35. The minimum absolute atomic E-state index is 0.263. The van der Waals surface area contributed by atoms with Crippen molar-refractivity contribution in [1.29, 1.82) is 0 Å². The molecule has 0 bridgehead atoms. The highest BCUT2D eigenvalue weighted by Crippen LogP contribution is 2.29. The molecule has 100 valence electrons. The molecule has 0 aromatic carbocycles. The summed E-state index contributed by atoms with van der Waals surface area (Å²) in [5, 5.41) is 3.63. The minimum Gasteiger partial charge on any atom is -0.377 e. The second kappa shape index (κ2) is 6.72. The van der Waals surface area contributed by atoms with E-state index in [2.05, 4.69) is 5.32 Å². The zero-order chi connectivity index (χ0) is 12.1. The highest BCUT2D eigenvalue weighted by atomic mass is 16.5. The topological polar surface area (TPSA) is 30.5 Å². The van der Waals surface area contributed by atoms with Gasteiger partial charge in [0.1, 0.15) is 0 Å². The second-order valence-corrected chi connectivity index (χ2v) is 5.43. The summed E-state index contributed by atoms with van der Waals surface area (Å²) < 4.78 is 11.1. The molecule has 0 aromatic rings.